The predicted molar refractivity (Wildman–Crippen MR) is 71.8 cm³/mol. The third-order valence-corrected chi connectivity index (χ3v) is 2.75. The molecule has 0 aliphatic rings. The highest BCUT2D eigenvalue weighted by Crippen LogP contribution is 2.27. The van der Waals surface area contributed by atoms with E-state index in [1.165, 1.54) is 33.3 Å². The molecule has 1 rings (SSSR count). The number of nitriles is 1. The number of ether oxygens (including phenoxy) is 1. The first-order valence-corrected chi connectivity index (χ1v) is 5.81. The highest BCUT2D eigenvalue weighted by molar-refractivity contribution is 6.13. The maximum atomic E-state index is 12.2. The molecule has 1 unspecified atom stereocenters. The van der Waals surface area contributed by atoms with Gasteiger partial charge in [-0.1, -0.05) is 0 Å². The number of hydrogen-bond acceptors (Lipinski definition) is 6. The van der Waals surface area contributed by atoms with Crippen molar-refractivity contribution in [1.29, 1.82) is 5.26 Å². The van der Waals surface area contributed by atoms with Gasteiger partial charge < -0.3 is 9.64 Å². The van der Waals surface area contributed by atoms with Crippen molar-refractivity contribution in [1.82, 2.24) is 4.90 Å². The van der Waals surface area contributed by atoms with Crippen LogP contribution in [0.3, 0.4) is 0 Å². The molecule has 0 saturated heterocycles. The lowest BCUT2D eigenvalue weighted by Gasteiger charge is -2.14. The molecule has 0 aliphatic heterocycles. The van der Waals surface area contributed by atoms with Crippen molar-refractivity contribution < 1.29 is 19.2 Å². The van der Waals surface area contributed by atoms with E-state index < -0.39 is 28.2 Å². The van der Waals surface area contributed by atoms with Gasteiger partial charge in [0, 0.05) is 14.1 Å². The van der Waals surface area contributed by atoms with Gasteiger partial charge in [0.05, 0.1) is 29.7 Å². The SMILES string of the molecule is COc1ccc(C(=O)C(C#N)C(=O)N(C)C)c([N+](=O)[O-])c1. The monoisotopic (exact) mass is 291 g/mol. The summed E-state index contributed by atoms with van der Waals surface area (Å²) in [4.78, 5) is 35.4. The smallest absolute Gasteiger partial charge is 0.283 e. The van der Waals surface area contributed by atoms with Gasteiger partial charge in [-0.3, -0.25) is 19.7 Å². The fourth-order valence-corrected chi connectivity index (χ4v) is 1.64. The lowest BCUT2D eigenvalue weighted by Crippen LogP contribution is -2.34. The number of Topliss-reactive ketones (excluding diaryl/α,β-unsaturated/α-hetero) is 1. The molecule has 8 nitrogen and oxygen atoms in total. The molecule has 21 heavy (non-hydrogen) atoms. The Bertz CT molecular complexity index is 633. The number of rotatable bonds is 5. The van der Waals surface area contributed by atoms with E-state index in [0.29, 0.717) is 0 Å². The summed E-state index contributed by atoms with van der Waals surface area (Å²) in [5, 5.41) is 20.0. The molecule has 0 saturated carbocycles. The second-order valence-corrected chi connectivity index (χ2v) is 4.30. The molecular weight excluding hydrogens is 278 g/mol. The van der Waals surface area contributed by atoms with Crippen molar-refractivity contribution in [2.24, 2.45) is 5.92 Å². The van der Waals surface area contributed by atoms with Gasteiger partial charge in [0.25, 0.3) is 5.69 Å². The van der Waals surface area contributed by atoms with E-state index in [4.69, 9.17) is 10.00 Å². The molecule has 8 heteroatoms. The Morgan fingerprint density at radius 1 is 1.43 bits per heavy atom. The molecule has 0 radical (unpaired) electrons. The van der Waals surface area contributed by atoms with Gasteiger partial charge in [-0.15, -0.1) is 0 Å². The minimum Gasteiger partial charge on any atom is -0.497 e. The van der Waals surface area contributed by atoms with Gasteiger partial charge in [-0.05, 0) is 12.1 Å². The molecule has 1 aromatic carbocycles. The minimum atomic E-state index is -1.62. The van der Waals surface area contributed by atoms with E-state index >= 15 is 0 Å². The summed E-state index contributed by atoms with van der Waals surface area (Å²) in [5.74, 6) is -3.06. The van der Waals surface area contributed by atoms with E-state index in [9.17, 15) is 19.7 Å². The normalized spacial score (nSPS) is 11.1. The second-order valence-electron chi connectivity index (χ2n) is 4.30. The minimum absolute atomic E-state index is 0.200. The van der Waals surface area contributed by atoms with Crippen molar-refractivity contribution in [2.45, 2.75) is 0 Å². The molecule has 0 N–H and O–H groups in total. The van der Waals surface area contributed by atoms with E-state index in [1.807, 2.05) is 0 Å². The standard InChI is InChI=1S/C13H13N3O5/c1-15(2)13(18)10(7-14)12(17)9-5-4-8(21-3)6-11(9)16(19)20/h4-6,10H,1-3H3. The first-order valence-electron chi connectivity index (χ1n) is 5.81. The fraction of sp³-hybridized carbons (Fsp3) is 0.308. The molecule has 0 aliphatic carbocycles. The Hall–Kier alpha value is -2.95. The van der Waals surface area contributed by atoms with Gasteiger partial charge in [-0.25, -0.2) is 0 Å². The summed E-state index contributed by atoms with van der Waals surface area (Å²) in [7, 11) is 4.11. The third-order valence-electron chi connectivity index (χ3n) is 2.75. The topological polar surface area (TPSA) is 114 Å². The number of amides is 1. The molecule has 0 heterocycles. The van der Waals surface area contributed by atoms with Gasteiger partial charge in [-0.2, -0.15) is 5.26 Å². The molecule has 0 aromatic heterocycles. The lowest BCUT2D eigenvalue weighted by molar-refractivity contribution is -0.385. The molecule has 0 bridgehead atoms. The van der Waals surface area contributed by atoms with Gasteiger partial charge in [0.1, 0.15) is 5.75 Å². The fourth-order valence-electron chi connectivity index (χ4n) is 1.64. The van der Waals surface area contributed by atoms with Crippen LogP contribution in [0.2, 0.25) is 0 Å². The Kier molecular flexibility index (Phi) is 4.96. The van der Waals surface area contributed by atoms with Crippen LogP contribution in [-0.4, -0.2) is 42.7 Å². The number of benzene rings is 1. The van der Waals surface area contributed by atoms with Crippen molar-refractivity contribution in [3.8, 4) is 11.8 Å². The summed E-state index contributed by atoms with van der Waals surface area (Å²) in [5.41, 5.74) is -0.811. The number of hydrogen-bond donors (Lipinski definition) is 0. The summed E-state index contributed by atoms with van der Waals surface area (Å²) in [6.07, 6.45) is 0. The van der Waals surface area contributed by atoms with Crippen LogP contribution in [0.5, 0.6) is 5.75 Å². The molecular formula is C13H13N3O5. The molecule has 1 aromatic rings. The van der Waals surface area contributed by atoms with E-state index in [0.717, 1.165) is 11.0 Å². The summed E-state index contributed by atoms with van der Waals surface area (Å²) >= 11 is 0. The van der Waals surface area contributed by atoms with Crippen molar-refractivity contribution in [3.05, 3.63) is 33.9 Å². The number of methoxy groups -OCH3 is 1. The maximum absolute atomic E-state index is 12.2. The van der Waals surface area contributed by atoms with Crippen molar-refractivity contribution in [3.63, 3.8) is 0 Å². The van der Waals surface area contributed by atoms with Gasteiger partial charge in [0.15, 0.2) is 11.7 Å². The number of ketones is 1. The van der Waals surface area contributed by atoms with Crippen molar-refractivity contribution >= 4 is 17.4 Å². The van der Waals surface area contributed by atoms with Crippen LogP contribution >= 0.6 is 0 Å². The highest BCUT2D eigenvalue weighted by Gasteiger charge is 2.33. The van der Waals surface area contributed by atoms with E-state index in [2.05, 4.69) is 0 Å². The van der Waals surface area contributed by atoms with Crippen LogP contribution in [0.15, 0.2) is 18.2 Å². The zero-order chi connectivity index (χ0) is 16.2. The van der Waals surface area contributed by atoms with E-state index in [-0.39, 0.29) is 11.3 Å². The highest BCUT2D eigenvalue weighted by atomic mass is 16.6. The Morgan fingerprint density at radius 3 is 2.48 bits per heavy atom. The zero-order valence-electron chi connectivity index (χ0n) is 11.7. The molecule has 110 valence electrons. The lowest BCUT2D eigenvalue weighted by atomic mass is 9.96. The Balaban J connectivity index is 3.32. The zero-order valence-corrected chi connectivity index (χ0v) is 11.7. The number of nitro benzene ring substituents is 1. The number of carbonyl (C=O) groups excluding carboxylic acids is 2. The average Bonchev–Trinajstić information content (AvgIpc) is 2.46. The average molecular weight is 291 g/mol. The summed E-state index contributed by atoms with van der Waals surface area (Å²) in [6.45, 7) is 0. The number of nitro groups is 1. The molecule has 0 fully saturated rings. The third kappa shape index (κ3) is 3.33. The molecule has 0 spiro atoms. The van der Waals surface area contributed by atoms with E-state index in [1.54, 1.807) is 6.07 Å². The van der Waals surface area contributed by atoms with Crippen LogP contribution in [-0.2, 0) is 4.79 Å². The van der Waals surface area contributed by atoms with Crippen LogP contribution in [0.1, 0.15) is 10.4 Å². The first-order chi connectivity index (χ1) is 9.83. The van der Waals surface area contributed by atoms with Crippen LogP contribution in [0, 0.1) is 27.4 Å². The Morgan fingerprint density at radius 2 is 2.05 bits per heavy atom. The van der Waals surface area contributed by atoms with Crippen LogP contribution < -0.4 is 4.74 Å². The summed E-state index contributed by atoms with van der Waals surface area (Å²) < 4.78 is 4.86. The first kappa shape index (κ1) is 16.1. The Labute approximate surface area is 120 Å². The van der Waals surface area contributed by atoms with Crippen LogP contribution in [0.4, 0.5) is 5.69 Å². The quantitative estimate of drug-likeness (QED) is 0.346. The molecule has 1 amide bonds. The molecule has 1 atom stereocenters. The predicted octanol–water partition coefficient (Wildman–Crippen LogP) is 1.01. The number of carbonyl (C=O) groups is 2. The van der Waals surface area contributed by atoms with Gasteiger partial charge >= 0.3 is 0 Å². The maximum Gasteiger partial charge on any atom is 0.283 e. The second kappa shape index (κ2) is 6.47. The number of nitrogens with zero attached hydrogens (tertiary/aromatic N) is 3. The van der Waals surface area contributed by atoms with Crippen molar-refractivity contribution in [2.75, 3.05) is 21.2 Å². The van der Waals surface area contributed by atoms with Crippen LogP contribution in [0.25, 0.3) is 0 Å². The van der Waals surface area contributed by atoms with Gasteiger partial charge in [0.2, 0.25) is 5.91 Å². The largest absolute Gasteiger partial charge is 0.497 e. The summed E-state index contributed by atoms with van der Waals surface area (Å²) in [6, 6.07) is 5.18.